The molecule has 77 heavy (non-hydrogen) atoms. The number of aromatic nitrogens is 4. The summed E-state index contributed by atoms with van der Waals surface area (Å²) in [6.45, 7) is 12.2. The molecular weight excluding hydrogens is 1030 g/mol. The average molecular weight is 1090 g/mol. The predicted molar refractivity (Wildman–Crippen MR) is 293 cm³/mol. The van der Waals surface area contributed by atoms with Crippen LogP contribution >= 0.6 is 12.2 Å². The van der Waals surface area contributed by atoms with Gasteiger partial charge in [0.25, 0.3) is 0 Å². The Labute approximate surface area is 447 Å². The monoisotopic (exact) mass is 1090 g/mol. The van der Waals surface area contributed by atoms with Gasteiger partial charge in [-0.15, -0.1) is 0 Å². The van der Waals surface area contributed by atoms with Gasteiger partial charge in [-0.2, -0.15) is 31.3 Å². The third-order valence-corrected chi connectivity index (χ3v) is 11.3. The van der Waals surface area contributed by atoms with Crippen LogP contribution in [0, 0.1) is 0 Å². The van der Waals surface area contributed by atoms with E-state index in [0.717, 1.165) is 74.5 Å². The van der Waals surface area contributed by atoms with Crippen molar-refractivity contribution in [1.82, 2.24) is 29.3 Å². The van der Waals surface area contributed by atoms with E-state index in [9.17, 15) is 35.9 Å². The Kier molecular flexibility index (Phi) is 22.3. The van der Waals surface area contributed by atoms with Gasteiger partial charge in [-0.3, -0.25) is 19.4 Å². The topological polar surface area (TPSA) is 189 Å². The summed E-state index contributed by atoms with van der Waals surface area (Å²) in [6, 6.07) is 26.7. The van der Waals surface area contributed by atoms with Crippen molar-refractivity contribution in [3.8, 4) is 23.0 Å². The van der Waals surface area contributed by atoms with Crippen LogP contribution in [0.15, 0.2) is 127 Å². The van der Waals surface area contributed by atoms with Crippen LogP contribution in [0.5, 0.6) is 23.0 Å². The van der Waals surface area contributed by atoms with Crippen LogP contribution in [-0.4, -0.2) is 92.6 Å². The number of amides is 2. The second kappa shape index (κ2) is 28.7. The number of nitrogen functional groups attached to an aromatic ring is 1. The minimum atomic E-state index is -4.39. The van der Waals surface area contributed by atoms with Gasteiger partial charge in [0.15, 0.2) is 0 Å². The number of nitrogens with two attached hydrogens (primary N) is 1. The molecule has 0 unspecified atom stereocenters. The number of aliphatic imine (C=N–C) groups is 1. The highest BCUT2D eigenvalue weighted by Crippen LogP contribution is 2.33. The number of benzene rings is 4. The summed E-state index contributed by atoms with van der Waals surface area (Å²) < 4.78 is 88.2. The fourth-order valence-electron chi connectivity index (χ4n) is 7.30. The Morgan fingerprint density at radius 1 is 0.688 bits per heavy atom. The van der Waals surface area contributed by atoms with Crippen molar-refractivity contribution >= 4 is 80.6 Å². The Bertz CT molecular complexity index is 3080. The standard InChI is InChI=1S/C27H29F3N6O2.C19H27N5O2.C8H4F3NS/c1-4-14-36(5-2)17-25(37)34-24-16-21(12-13-31-24)38-20-10-11-23-22(15-20)33-26(35(23)3)32-19-8-6-18(7-9-19)27(28,29)30;1-4-10-24(5-2)13-19(25)23-18-12-15(8-9-22-18)26-14-6-7-17(21-3)16(20)11-14;9-8(10,11)6-1-3-7(4-2-6)12-5-13/h6-13,15-16H,4-5,14,17H2,1-3H3,(H,32,33)(H,31,34,37);6-9,11-12,21H,4-5,10,13,20H2,1-3H3,(H,22,23,25);1-4H. The number of carbonyl (C=O) groups excluding carboxylic acids is 2. The number of ether oxygens (including phenoxy) is 2. The molecule has 2 amide bonds. The normalized spacial score (nSPS) is 11.1. The number of fused-ring (bicyclic) bond motifs is 1. The van der Waals surface area contributed by atoms with Crippen LogP contribution in [-0.2, 0) is 29.0 Å². The van der Waals surface area contributed by atoms with Crippen molar-refractivity contribution in [2.45, 2.75) is 52.9 Å². The van der Waals surface area contributed by atoms with E-state index in [-0.39, 0.29) is 18.4 Å². The van der Waals surface area contributed by atoms with E-state index in [1.165, 1.54) is 24.3 Å². The van der Waals surface area contributed by atoms with Gasteiger partial charge in [0.1, 0.15) is 34.6 Å². The molecule has 0 spiro atoms. The lowest BCUT2D eigenvalue weighted by molar-refractivity contribution is -0.138. The first kappa shape index (κ1) is 59.8. The van der Waals surface area contributed by atoms with Gasteiger partial charge >= 0.3 is 12.4 Å². The SMILES string of the molecule is CCCN(CC)CC(=O)Nc1cc(Oc2ccc(NC)c(N)c2)ccn1.CCCN(CC)CC(=O)Nc1cc(Oc2ccc3c(c2)nc(Nc2ccc(C(F)(F)F)cc2)n3C)ccn1.FC(F)(F)c1ccc(N=C=S)cc1. The van der Waals surface area contributed by atoms with Crippen molar-refractivity contribution < 1.29 is 45.4 Å². The number of aryl methyl sites for hydroxylation is 1. The molecule has 0 atom stereocenters. The summed E-state index contributed by atoms with van der Waals surface area (Å²) in [5.74, 6) is 3.30. The maximum atomic E-state index is 12.8. The van der Waals surface area contributed by atoms with Crippen molar-refractivity contribution in [1.29, 1.82) is 0 Å². The van der Waals surface area contributed by atoms with Gasteiger partial charge in [-0.1, -0.05) is 27.7 Å². The molecule has 23 heteroatoms. The number of carbonyl (C=O) groups is 2. The third kappa shape index (κ3) is 18.9. The molecule has 0 aliphatic rings. The zero-order valence-corrected chi connectivity index (χ0v) is 44.0. The molecule has 408 valence electrons. The summed E-state index contributed by atoms with van der Waals surface area (Å²) in [7, 11) is 3.62. The number of alkyl halides is 6. The van der Waals surface area contributed by atoms with Gasteiger partial charge in [0.05, 0.1) is 57.5 Å². The molecule has 3 heterocycles. The zero-order chi connectivity index (χ0) is 56.1. The predicted octanol–water partition coefficient (Wildman–Crippen LogP) is 12.8. The van der Waals surface area contributed by atoms with E-state index in [4.69, 9.17) is 15.2 Å². The van der Waals surface area contributed by atoms with Gasteiger partial charge in [-0.05, 0) is 136 Å². The molecule has 0 saturated carbocycles. The molecule has 0 aliphatic heterocycles. The van der Waals surface area contributed by atoms with Gasteiger partial charge < -0.3 is 41.0 Å². The summed E-state index contributed by atoms with van der Waals surface area (Å²) in [5.41, 5.74) is 8.27. The average Bonchev–Trinajstić information content (AvgIpc) is 3.70. The minimum Gasteiger partial charge on any atom is -0.457 e. The van der Waals surface area contributed by atoms with Gasteiger partial charge in [-0.25, -0.2) is 15.0 Å². The highest BCUT2D eigenvalue weighted by atomic mass is 32.1. The molecule has 0 saturated heterocycles. The van der Waals surface area contributed by atoms with E-state index in [1.54, 1.807) is 66.5 Å². The Balaban J connectivity index is 0.000000241. The zero-order valence-electron chi connectivity index (χ0n) is 43.2. The fourth-order valence-corrected chi connectivity index (χ4v) is 7.40. The van der Waals surface area contributed by atoms with E-state index < -0.39 is 23.5 Å². The van der Waals surface area contributed by atoms with Crippen molar-refractivity contribution in [2.24, 2.45) is 12.0 Å². The lowest BCUT2D eigenvalue weighted by Crippen LogP contribution is -2.33. The number of nitrogens with zero attached hydrogens (tertiary/aromatic N) is 7. The highest BCUT2D eigenvalue weighted by Gasteiger charge is 2.31. The molecule has 7 aromatic rings. The van der Waals surface area contributed by atoms with Crippen LogP contribution < -0.4 is 36.5 Å². The first-order chi connectivity index (χ1) is 36.7. The lowest BCUT2D eigenvalue weighted by Gasteiger charge is -2.18. The smallest absolute Gasteiger partial charge is 0.416 e. The number of halogens is 6. The minimum absolute atomic E-state index is 0.0902. The van der Waals surface area contributed by atoms with Crippen LogP contribution in [0.1, 0.15) is 51.7 Å². The van der Waals surface area contributed by atoms with Crippen LogP contribution in [0.3, 0.4) is 0 Å². The molecular formula is C54H60F6N12O4S. The molecule has 4 aromatic carbocycles. The number of pyridine rings is 2. The number of imidazole rings is 1. The van der Waals surface area contributed by atoms with Gasteiger partial charge in [0, 0.05) is 56.4 Å². The van der Waals surface area contributed by atoms with E-state index in [1.807, 2.05) is 39.1 Å². The summed E-state index contributed by atoms with van der Waals surface area (Å²) >= 11 is 4.30. The fraction of sp³-hybridized carbons (Fsp3) is 0.296. The number of nitrogens with one attached hydrogen (secondary N) is 4. The number of likely N-dealkylation sites (N-methyl/N-ethyl adjacent to an activating group) is 2. The van der Waals surface area contributed by atoms with Crippen LogP contribution in [0.4, 0.5) is 66.7 Å². The number of anilines is 6. The van der Waals surface area contributed by atoms with Crippen molar-refractivity contribution in [3.05, 3.63) is 133 Å². The third-order valence-electron chi connectivity index (χ3n) is 11.2. The molecule has 7 rings (SSSR count). The summed E-state index contributed by atoms with van der Waals surface area (Å²) in [5, 5.41) is 13.7. The lowest BCUT2D eigenvalue weighted by atomic mass is 10.2. The highest BCUT2D eigenvalue weighted by molar-refractivity contribution is 7.78. The number of thiocarbonyl (C=S) groups is 1. The second-order valence-electron chi connectivity index (χ2n) is 16.9. The molecule has 16 nitrogen and oxygen atoms in total. The molecule has 0 bridgehead atoms. The first-order valence-electron chi connectivity index (χ1n) is 24.3. The molecule has 0 aliphatic carbocycles. The Morgan fingerprint density at radius 2 is 1.17 bits per heavy atom. The maximum Gasteiger partial charge on any atom is 0.416 e. The number of rotatable bonds is 20. The number of isothiocyanates is 1. The van der Waals surface area contributed by atoms with Crippen molar-refractivity contribution in [3.63, 3.8) is 0 Å². The van der Waals surface area contributed by atoms with E-state index >= 15 is 0 Å². The van der Waals surface area contributed by atoms with Crippen LogP contribution in [0.2, 0.25) is 0 Å². The molecule has 6 N–H and O–H groups in total. The number of hydrogen-bond acceptors (Lipinski definition) is 14. The van der Waals surface area contributed by atoms with E-state index in [2.05, 4.69) is 82.2 Å². The first-order valence-corrected chi connectivity index (χ1v) is 24.7. The van der Waals surface area contributed by atoms with Gasteiger partial charge in [0.2, 0.25) is 17.8 Å². The molecule has 0 radical (unpaired) electrons. The Hall–Kier alpha value is -8.11. The largest absolute Gasteiger partial charge is 0.457 e. The molecule has 3 aromatic heterocycles. The molecule has 0 fully saturated rings. The van der Waals surface area contributed by atoms with E-state index in [0.29, 0.717) is 69.7 Å². The second-order valence-corrected chi connectivity index (χ2v) is 17.1. The Morgan fingerprint density at radius 3 is 1.62 bits per heavy atom. The maximum absolute atomic E-state index is 12.8. The summed E-state index contributed by atoms with van der Waals surface area (Å²) in [6.07, 6.45) is -3.56. The number of hydrogen-bond donors (Lipinski definition) is 5. The van der Waals surface area contributed by atoms with Crippen molar-refractivity contribution in [2.75, 3.05) is 73.3 Å². The quantitative estimate of drug-likeness (QED) is 0.0210. The summed E-state index contributed by atoms with van der Waals surface area (Å²) in [4.78, 5) is 45.2. The van der Waals surface area contributed by atoms with Crippen LogP contribution in [0.25, 0.3) is 11.0 Å².